The van der Waals surface area contributed by atoms with Crippen molar-refractivity contribution in [3.63, 3.8) is 0 Å². The normalized spacial score (nSPS) is 11.1. The molecule has 0 saturated heterocycles. The van der Waals surface area contributed by atoms with Crippen LogP contribution in [0.1, 0.15) is 0 Å². The van der Waals surface area contributed by atoms with E-state index in [1.54, 1.807) is 60.7 Å². The fraction of sp³-hybridized carbons (Fsp3) is 0.0500. The summed E-state index contributed by atoms with van der Waals surface area (Å²) in [6, 6.07) is 19.8. The predicted octanol–water partition coefficient (Wildman–Crippen LogP) is 5.53. The molecule has 0 fully saturated rings. The lowest BCUT2D eigenvalue weighted by Crippen LogP contribution is -2.14. The quantitative estimate of drug-likeness (QED) is 0.449. The summed E-state index contributed by atoms with van der Waals surface area (Å²) >= 11 is 13.2. The van der Waals surface area contributed by atoms with E-state index < -0.39 is 10.0 Å². The Labute approximate surface area is 183 Å². The molecular weight excluding hydrogens is 451 g/mol. The van der Waals surface area contributed by atoms with Gasteiger partial charge in [-0.15, -0.1) is 11.8 Å². The minimum absolute atomic E-state index is 0.175. The number of carbonyl (C=O) groups excluding carboxylic acids is 1. The second-order valence-corrected chi connectivity index (χ2v) is 9.48. The summed E-state index contributed by atoms with van der Waals surface area (Å²) < 4.78 is 27.2. The number of sulfonamides is 1. The van der Waals surface area contributed by atoms with Crippen LogP contribution in [0.5, 0.6) is 0 Å². The number of rotatable bonds is 7. The number of hydrogen-bond donors (Lipinski definition) is 2. The number of halogens is 2. The lowest BCUT2D eigenvalue weighted by Gasteiger charge is -2.09. The van der Waals surface area contributed by atoms with E-state index >= 15 is 0 Å². The van der Waals surface area contributed by atoms with Gasteiger partial charge < -0.3 is 5.32 Å². The summed E-state index contributed by atoms with van der Waals surface area (Å²) in [4.78, 5) is 13.1. The molecule has 3 rings (SSSR count). The number of anilines is 2. The first-order valence-electron chi connectivity index (χ1n) is 8.39. The molecule has 0 atom stereocenters. The van der Waals surface area contributed by atoms with Crippen molar-refractivity contribution in [2.24, 2.45) is 0 Å². The third-order valence-electron chi connectivity index (χ3n) is 3.74. The van der Waals surface area contributed by atoms with Crippen molar-refractivity contribution in [2.75, 3.05) is 15.8 Å². The van der Waals surface area contributed by atoms with Gasteiger partial charge in [-0.3, -0.25) is 9.52 Å². The van der Waals surface area contributed by atoms with Crippen LogP contribution in [0.4, 0.5) is 11.4 Å². The average Bonchev–Trinajstić information content (AvgIpc) is 2.70. The molecule has 9 heteroatoms. The lowest BCUT2D eigenvalue weighted by molar-refractivity contribution is -0.113. The molecule has 0 bridgehead atoms. The number of nitrogens with one attached hydrogen (secondary N) is 2. The van der Waals surface area contributed by atoms with Gasteiger partial charge in [0.2, 0.25) is 5.91 Å². The van der Waals surface area contributed by atoms with Crippen LogP contribution in [0.25, 0.3) is 0 Å². The van der Waals surface area contributed by atoms with Crippen molar-refractivity contribution in [3.05, 3.63) is 82.8 Å². The maximum absolute atomic E-state index is 12.3. The maximum atomic E-state index is 12.3. The molecule has 3 aromatic rings. The van der Waals surface area contributed by atoms with Gasteiger partial charge in [0.15, 0.2) is 0 Å². The van der Waals surface area contributed by atoms with Gasteiger partial charge in [-0.1, -0.05) is 41.4 Å². The predicted molar refractivity (Wildman–Crippen MR) is 120 cm³/mol. The third-order valence-corrected chi connectivity index (χ3v) is 6.69. The van der Waals surface area contributed by atoms with Gasteiger partial charge in [0.05, 0.1) is 21.4 Å². The summed E-state index contributed by atoms with van der Waals surface area (Å²) in [7, 11) is -3.64. The fourth-order valence-electron chi connectivity index (χ4n) is 2.36. The molecule has 0 aliphatic heterocycles. The number of thioether (sulfide) groups is 1. The molecule has 5 nitrogen and oxygen atoms in total. The summed E-state index contributed by atoms with van der Waals surface area (Å²) in [6.45, 7) is 0. The topological polar surface area (TPSA) is 75.3 Å². The number of carbonyl (C=O) groups is 1. The molecule has 2 N–H and O–H groups in total. The van der Waals surface area contributed by atoms with Crippen LogP contribution >= 0.6 is 35.0 Å². The first-order chi connectivity index (χ1) is 13.8. The monoisotopic (exact) mass is 466 g/mol. The zero-order chi connectivity index (χ0) is 20.9. The first kappa shape index (κ1) is 21.5. The van der Waals surface area contributed by atoms with Gasteiger partial charge >= 0.3 is 0 Å². The van der Waals surface area contributed by atoms with Crippen molar-refractivity contribution < 1.29 is 13.2 Å². The number of benzene rings is 3. The Morgan fingerprint density at radius 1 is 0.931 bits per heavy atom. The van der Waals surface area contributed by atoms with E-state index in [2.05, 4.69) is 10.0 Å². The Kier molecular flexibility index (Phi) is 7.08. The second kappa shape index (κ2) is 9.54. The van der Waals surface area contributed by atoms with Crippen LogP contribution in [-0.2, 0) is 14.8 Å². The number of hydrogen-bond acceptors (Lipinski definition) is 4. The molecule has 0 aromatic heterocycles. The van der Waals surface area contributed by atoms with Crippen LogP contribution in [-0.4, -0.2) is 20.1 Å². The smallest absolute Gasteiger partial charge is 0.261 e. The molecule has 0 saturated carbocycles. The highest BCUT2D eigenvalue weighted by Gasteiger charge is 2.13. The van der Waals surface area contributed by atoms with Crippen LogP contribution in [0, 0.1) is 0 Å². The molecule has 0 aliphatic rings. The van der Waals surface area contributed by atoms with Crippen molar-refractivity contribution in [1.29, 1.82) is 0 Å². The van der Waals surface area contributed by atoms with E-state index in [4.69, 9.17) is 23.2 Å². The van der Waals surface area contributed by atoms with Gasteiger partial charge in [0.25, 0.3) is 10.0 Å². The van der Waals surface area contributed by atoms with Crippen LogP contribution in [0.3, 0.4) is 0 Å². The molecule has 0 aliphatic carbocycles. The highest BCUT2D eigenvalue weighted by atomic mass is 35.5. The van der Waals surface area contributed by atoms with E-state index in [-0.39, 0.29) is 16.6 Å². The largest absolute Gasteiger partial charge is 0.324 e. The van der Waals surface area contributed by atoms with E-state index in [9.17, 15) is 13.2 Å². The van der Waals surface area contributed by atoms with Gasteiger partial charge in [-0.05, 0) is 54.6 Å². The second-order valence-electron chi connectivity index (χ2n) is 5.90. The van der Waals surface area contributed by atoms with Crippen LogP contribution in [0.15, 0.2) is 82.6 Å². The molecule has 0 spiro atoms. The fourth-order valence-corrected chi connectivity index (χ4v) is 4.59. The Morgan fingerprint density at radius 2 is 1.62 bits per heavy atom. The minimum atomic E-state index is -3.64. The first-order valence-corrected chi connectivity index (χ1v) is 11.6. The van der Waals surface area contributed by atoms with E-state index in [1.807, 2.05) is 0 Å². The zero-order valence-corrected chi connectivity index (χ0v) is 18.1. The Bertz CT molecular complexity index is 1110. The lowest BCUT2D eigenvalue weighted by atomic mass is 10.3. The van der Waals surface area contributed by atoms with E-state index in [0.717, 1.165) is 4.90 Å². The van der Waals surface area contributed by atoms with Gasteiger partial charge in [-0.2, -0.15) is 0 Å². The molecule has 1 amide bonds. The highest BCUT2D eigenvalue weighted by molar-refractivity contribution is 8.00. The molecule has 150 valence electrons. The zero-order valence-electron chi connectivity index (χ0n) is 14.9. The third kappa shape index (κ3) is 6.14. The minimum Gasteiger partial charge on any atom is -0.324 e. The van der Waals surface area contributed by atoms with Crippen molar-refractivity contribution in [1.82, 2.24) is 0 Å². The summed E-state index contributed by atoms with van der Waals surface area (Å²) in [5, 5.41) is 3.58. The van der Waals surface area contributed by atoms with Crippen molar-refractivity contribution >= 4 is 62.3 Å². The Morgan fingerprint density at radius 3 is 2.28 bits per heavy atom. The standard InChI is InChI=1S/C20H16Cl2N2O3S2/c21-14-6-11-19(18(22)12-14)23-20(25)13-28-16-9-7-15(8-10-16)24-29(26,27)17-4-2-1-3-5-17/h1-12,24H,13H2,(H,23,25). The Hall–Kier alpha value is -2.19. The van der Waals surface area contributed by atoms with Crippen molar-refractivity contribution in [2.45, 2.75) is 9.79 Å². The van der Waals surface area contributed by atoms with E-state index in [0.29, 0.717) is 21.4 Å². The van der Waals surface area contributed by atoms with Gasteiger partial charge in [0, 0.05) is 15.6 Å². The summed E-state index contributed by atoms with van der Waals surface area (Å²) in [6.07, 6.45) is 0. The molecule has 0 radical (unpaired) electrons. The van der Waals surface area contributed by atoms with Gasteiger partial charge in [0.1, 0.15) is 0 Å². The molecule has 29 heavy (non-hydrogen) atoms. The molecule has 0 heterocycles. The van der Waals surface area contributed by atoms with Crippen LogP contribution < -0.4 is 10.0 Å². The molecule has 3 aromatic carbocycles. The summed E-state index contributed by atoms with van der Waals surface area (Å²) in [5.74, 6) is -0.0401. The number of amides is 1. The maximum Gasteiger partial charge on any atom is 0.261 e. The van der Waals surface area contributed by atoms with E-state index in [1.165, 1.54) is 23.9 Å². The average molecular weight is 467 g/mol. The summed E-state index contributed by atoms with van der Waals surface area (Å²) in [5.41, 5.74) is 0.933. The molecular formula is C20H16Cl2N2O3S2. The SMILES string of the molecule is O=C(CSc1ccc(NS(=O)(=O)c2ccccc2)cc1)Nc1ccc(Cl)cc1Cl. The van der Waals surface area contributed by atoms with Crippen LogP contribution in [0.2, 0.25) is 10.0 Å². The van der Waals surface area contributed by atoms with Crippen molar-refractivity contribution in [3.8, 4) is 0 Å². The molecule has 0 unspecified atom stereocenters. The Balaban J connectivity index is 1.56. The van der Waals surface area contributed by atoms with Gasteiger partial charge in [-0.25, -0.2) is 8.42 Å². The highest BCUT2D eigenvalue weighted by Crippen LogP contribution is 2.26.